The standard InChI is InChI=1S/C14H12F2N2S/c1-8-6-9(14(17)18)2-5-13(8)19-10-3-4-11(15)12(16)7-10/h2-7H,1H3,(H3,17,18). The van der Waals surface area contributed by atoms with Gasteiger partial charge in [0.1, 0.15) is 5.84 Å². The lowest BCUT2D eigenvalue weighted by molar-refractivity contribution is 0.506. The second kappa shape index (κ2) is 5.40. The van der Waals surface area contributed by atoms with Crippen LogP contribution in [0.3, 0.4) is 0 Å². The van der Waals surface area contributed by atoms with E-state index in [1.807, 2.05) is 13.0 Å². The van der Waals surface area contributed by atoms with Crippen molar-refractivity contribution in [2.24, 2.45) is 5.73 Å². The van der Waals surface area contributed by atoms with Gasteiger partial charge in [0.15, 0.2) is 11.6 Å². The fourth-order valence-corrected chi connectivity index (χ4v) is 2.51. The maximum atomic E-state index is 13.1. The van der Waals surface area contributed by atoms with Crippen LogP contribution >= 0.6 is 11.8 Å². The minimum Gasteiger partial charge on any atom is -0.384 e. The Bertz CT molecular complexity index is 641. The fraction of sp³-hybridized carbons (Fsp3) is 0.0714. The molecule has 2 aromatic carbocycles. The van der Waals surface area contributed by atoms with E-state index in [1.54, 1.807) is 12.1 Å². The number of aryl methyl sites for hydroxylation is 1. The van der Waals surface area contributed by atoms with Crippen molar-refractivity contribution in [2.75, 3.05) is 0 Å². The molecule has 0 unspecified atom stereocenters. The van der Waals surface area contributed by atoms with Crippen LogP contribution in [-0.4, -0.2) is 5.84 Å². The van der Waals surface area contributed by atoms with Crippen molar-refractivity contribution >= 4 is 17.6 Å². The van der Waals surface area contributed by atoms with E-state index in [9.17, 15) is 8.78 Å². The maximum absolute atomic E-state index is 13.1. The Morgan fingerprint density at radius 1 is 1.11 bits per heavy atom. The van der Waals surface area contributed by atoms with Crippen LogP contribution < -0.4 is 5.73 Å². The minimum absolute atomic E-state index is 0.00692. The molecule has 0 aliphatic rings. The molecule has 0 saturated heterocycles. The summed E-state index contributed by atoms with van der Waals surface area (Å²) in [6.45, 7) is 1.88. The number of benzene rings is 2. The van der Waals surface area contributed by atoms with Crippen molar-refractivity contribution in [1.82, 2.24) is 0 Å². The summed E-state index contributed by atoms with van der Waals surface area (Å²) < 4.78 is 26.0. The van der Waals surface area contributed by atoms with Crippen LogP contribution in [0.4, 0.5) is 8.78 Å². The molecule has 0 bridgehead atoms. The first-order chi connectivity index (χ1) is 8.97. The van der Waals surface area contributed by atoms with E-state index >= 15 is 0 Å². The number of halogens is 2. The summed E-state index contributed by atoms with van der Waals surface area (Å²) in [6, 6.07) is 9.15. The average molecular weight is 278 g/mol. The topological polar surface area (TPSA) is 49.9 Å². The largest absolute Gasteiger partial charge is 0.384 e. The lowest BCUT2D eigenvalue weighted by Gasteiger charge is -2.08. The zero-order chi connectivity index (χ0) is 14.0. The number of nitrogens with two attached hydrogens (primary N) is 1. The maximum Gasteiger partial charge on any atom is 0.159 e. The van der Waals surface area contributed by atoms with E-state index in [0.29, 0.717) is 10.5 Å². The number of hydrogen-bond acceptors (Lipinski definition) is 2. The van der Waals surface area contributed by atoms with Gasteiger partial charge < -0.3 is 5.73 Å². The van der Waals surface area contributed by atoms with Crippen molar-refractivity contribution < 1.29 is 8.78 Å². The number of hydrogen-bond donors (Lipinski definition) is 2. The minimum atomic E-state index is -0.858. The molecule has 5 heteroatoms. The van der Waals surface area contributed by atoms with Gasteiger partial charge in [0.25, 0.3) is 0 Å². The molecular formula is C14H12F2N2S. The molecule has 3 N–H and O–H groups in total. The zero-order valence-corrected chi connectivity index (χ0v) is 11.0. The van der Waals surface area contributed by atoms with E-state index in [1.165, 1.54) is 23.9 Å². The summed E-state index contributed by atoms with van der Waals surface area (Å²) in [7, 11) is 0. The molecule has 19 heavy (non-hydrogen) atoms. The molecule has 0 radical (unpaired) electrons. The number of nitrogens with one attached hydrogen (secondary N) is 1. The molecule has 0 amide bonds. The molecule has 0 saturated carbocycles. The molecule has 98 valence electrons. The van der Waals surface area contributed by atoms with Crippen LogP contribution in [0.1, 0.15) is 11.1 Å². The van der Waals surface area contributed by atoms with Crippen molar-refractivity contribution in [1.29, 1.82) is 5.41 Å². The van der Waals surface area contributed by atoms with Crippen molar-refractivity contribution in [3.05, 3.63) is 59.2 Å². The first kappa shape index (κ1) is 13.5. The second-order valence-electron chi connectivity index (χ2n) is 4.07. The molecule has 0 aromatic heterocycles. The van der Waals surface area contributed by atoms with Gasteiger partial charge >= 0.3 is 0 Å². The summed E-state index contributed by atoms with van der Waals surface area (Å²) >= 11 is 1.34. The van der Waals surface area contributed by atoms with Gasteiger partial charge in [0.05, 0.1) is 0 Å². The SMILES string of the molecule is Cc1cc(C(=N)N)ccc1Sc1ccc(F)c(F)c1. The highest BCUT2D eigenvalue weighted by Gasteiger charge is 2.07. The highest BCUT2D eigenvalue weighted by atomic mass is 32.2. The normalized spacial score (nSPS) is 10.5. The van der Waals surface area contributed by atoms with Gasteiger partial charge in [-0.1, -0.05) is 17.8 Å². The Balaban J connectivity index is 2.28. The van der Waals surface area contributed by atoms with Crippen LogP contribution in [0, 0.1) is 24.0 Å². The Kier molecular flexibility index (Phi) is 3.85. The number of amidine groups is 1. The third-order valence-electron chi connectivity index (χ3n) is 2.60. The zero-order valence-electron chi connectivity index (χ0n) is 10.2. The third kappa shape index (κ3) is 3.12. The van der Waals surface area contributed by atoms with E-state index in [-0.39, 0.29) is 5.84 Å². The lowest BCUT2D eigenvalue weighted by atomic mass is 10.1. The predicted molar refractivity (Wildman–Crippen MR) is 72.7 cm³/mol. The van der Waals surface area contributed by atoms with Gasteiger partial charge in [-0.15, -0.1) is 0 Å². The van der Waals surface area contributed by atoms with Gasteiger partial charge in [0, 0.05) is 15.4 Å². The van der Waals surface area contributed by atoms with Gasteiger partial charge in [-0.05, 0) is 42.8 Å². The molecule has 0 aliphatic heterocycles. The first-order valence-electron chi connectivity index (χ1n) is 5.55. The number of rotatable bonds is 3. The molecule has 0 aliphatic carbocycles. The average Bonchev–Trinajstić information content (AvgIpc) is 2.36. The highest BCUT2D eigenvalue weighted by molar-refractivity contribution is 7.99. The Hall–Kier alpha value is -1.88. The molecule has 0 fully saturated rings. The van der Waals surface area contributed by atoms with Gasteiger partial charge in [-0.2, -0.15) is 0 Å². The summed E-state index contributed by atoms with van der Waals surface area (Å²) in [4.78, 5) is 1.54. The van der Waals surface area contributed by atoms with Crippen LogP contribution in [0.2, 0.25) is 0 Å². The Morgan fingerprint density at radius 3 is 2.42 bits per heavy atom. The smallest absolute Gasteiger partial charge is 0.159 e. The summed E-state index contributed by atoms with van der Waals surface area (Å²) in [5.74, 6) is -1.71. The van der Waals surface area contributed by atoms with Crippen molar-refractivity contribution in [2.45, 2.75) is 16.7 Å². The second-order valence-corrected chi connectivity index (χ2v) is 5.19. The van der Waals surface area contributed by atoms with Crippen molar-refractivity contribution in [3.63, 3.8) is 0 Å². The van der Waals surface area contributed by atoms with Gasteiger partial charge in [-0.3, -0.25) is 5.41 Å². The molecule has 0 atom stereocenters. The Labute approximate surface area is 114 Å². The monoisotopic (exact) mass is 278 g/mol. The first-order valence-corrected chi connectivity index (χ1v) is 6.37. The quantitative estimate of drug-likeness (QED) is 0.664. The van der Waals surface area contributed by atoms with Crippen LogP contribution in [0.25, 0.3) is 0 Å². The third-order valence-corrected chi connectivity index (χ3v) is 3.77. The lowest BCUT2D eigenvalue weighted by Crippen LogP contribution is -2.10. The summed E-state index contributed by atoms with van der Waals surface area (Å²) in [6.07, 6.45) is 0. The molecule has 0 heterocycles. The number of nitrogen functional groups attached to an aromatic ring is 1. The molecule has 2 nitrogen and oxygen atoms in total. The van der Waals surface area contributed by atoms with Crippen LogP contribution in [-0.2, 0) is 0 Å². The highest BCUT2D eigenvalue weighted by Crippen LogP contribution is 2.31. The Morgan fingerprint density at radius 2 is 1.84 bits per heavy atom. The van der Waals surface area contributed by atoms with E-state index < -0.39 is 11.6 Å². The fourth-order valence-electron chi connectivity index (χ4n) is 1.60. The van der Waals surface area contributed by atoms with Crippen LogP contribution in [0.5, 0.6) is 0 Å². The van der Waals surface area contributed by atoms with Crippen molar-refractivity contribution in [3.8, 4) is 0 Å². The predicted octanol–water partition coefficient (Wildman–Crippen LogP) is 3.71. The molecule has 2 aromatic rings. The summed E-state index contributed by atoms with van der Waals surface area (Å²) in [5.41, 5.74) is 6.99. The van der Waals surface area contributed by atoms with Gasteiger partial charge in [-0.25, -0.2) is 8.78 Å². The van der Waals surface area contributed by atoms with E-state index in [4.69, 9.17) is 11.1 Å². The molecule has 2 rings (SSSR count). The van der Waals surface area contributed by atoms with E-state index in [0.717, 1.165) is 16.5 Å². The summed E-state index contributed by atoms with van der Waals surface area (Å²) in [5, 5.41) is 7.36. The molecule has 0 spiro atoms. The van der Waals surface area contributed by atoms with Crippen LogP contribution in [0.15, 0.2) is 46.2 Å². The van der Waals surface area contributed by atoms with E-state index in [2.05, 4.69) is 0 Å². The molecular weight excluding hydrogens is 266 g/mol. The van der Waals surface area contributed by atoms with Gasteiger partial charge in [0.2, 0.25) is 0 Å².